The molecule has 4 rings (SSSR count). The minimum atomic E-state index is -0.303. The number of aromatic nitrogens is 1. The highest BCUT2D eigenvalue weighted by Gasteiger charge is 2.24. The Morgan fingerprint density at radius 2 is 1.87 bits per heavy atom. The Hall–Kier alpha value is -2.75. The van der Waals surface area contributed by atoms with Crippen molar-refractivity contribution in [3.8, 4) is 0 Å². The molecule has 3 aromatic rings. The lowest BCUT2D eigenvalue weighted by Gasteiger charge is -2.28. The monoisotopic (exact) mass is 306 g/mol. The Morgan fingerprint density at radius 3 is 2.74 bits per heavy atom. The van der Waals surface area contributed by atoms with Crippen LogP contribution >= 0.6 is 0 Å². The summed E-state index contributed by atoms with van der Waals surface area (Å²) < 4.78 is 13.9. The van der Waals surface area contributed by atoms with Gasteiger partial charge in [-0.25, -0.2) is 4.39 Å². The molecule has 1 amide bonds. The second-order valence-corrected chi connectivity index (χ2v) is 5.73. The van der Waals surface area contributed by atoms with Gasteiger partial charge >= 0.3 is 0 Å². The van der Waals surface area contributed by atoms with Crippen molar-refractivity contribution in [1.82, 2.24) is 9.88 Å². The fourth-order valence-electron chi connectivity index (χ4n) is 3.15. The lowest BCUT2D eigenvalue weighted by Crippen LogP contribution is -2.36. The number of pyridine rings is 1. The average molecular weight is 306 g/mol. The fraction of sp³-hybridized carbons (Fsp3) is 0.158. The molecule has 2 aromatic carbocycles. The molecule has 0 atom stereocenters. The smallest absolute Gasteiger partial charge is 0.254 e. The van der Waals surface area contributed by atoms with Crippen LogP contribution in [0.1, 0.15) is 21.6 Å². The van der Waals surface area contributed by atoms with Crippen LogP contribution in [0.15, 0.2) is 54.7 Å². The molecule has 0 saturated carbocycles. The first-order valence-electron chi connectivity index (χ1n) is 7.63. The quantitative estimate of drug-likeness (QED) is 0.688. The zero-order valence-electron chi connectivity index (χ0n) is 12.5. The normalized spacial score (nSPS) is 13.9. The van der Waals surface area contributed by atoms with E-state index in [9.17, 15) is 9.18 Å². The van der Waals surface area contributed by atoms with E-state index in [0.717, 1.165) is 12.1 Å². The van der Waals surface area contributed by atoms with Gasteiger partial charge < -0.3 is 4.90 Å². The van der Waals surface area contributed by atoms with Gasteiger partial charge in [0.2, 0.25) is 0 Å². The van der Waals surface area contributed by atoms with Crippen molar-refractivity contribution in [2.75, 3.05) is 6.54 Å². The van der Waals surface area contributed by atoms with Crippen LogP contribution in [-0.4, -0.2) is 22.3 Å². The van der Waals surface area contributed by atoms with E-state index in [0.29, 0.717) is 29.4 Å². The number of carbonyl (C=O) groups excluding carboxylic acids is 1. The molecule has 0 unspecified atom stereocenters. The van der Waals surface area contributed by atoms with E-state index in [2.05, 4.69) is 11.1 Å². The summed E-state index contributed by atoms with van der Waals surface area (Å²) in [5.41, 5.74) is 2.68. The number of carbonyl (C=O) groups is 1. The maximum Gasteiger partial charge on any atom is 0.254 e. The van der Waals surface area contributed by atoms with Crippen molar-refractivity contribution in [2.24, 2.45) is 0 Å². The summed E-state index contributed by atoms with van der Waals surface area (Å²) in [5, 5.41) is 1.14. The Bertz CT molecular complexity index is 907. The number of amides is 1. The highest BCUT2D eigenvalue weighted by molar-refractivity contribution is 6.07. The highest BCUT2D eigenvalue weighted by atomic mass is 19.1. The first-order chi connectivity index (χ1) is 11.2. The molecular formula is C19H15FN2O. The number of hydrogen-bond acceptors (Lipinski definition) is 2. The molecule has 23 heavy (non-hydrogen) atoms. The number of hydrogen-bond donors (Lipinski definition) is 0. The van der Waals surface area contributed by atoms with Crippen LogP contribution in [0.5, 0.6) is 0 Å². The van der Waals surface area contributed by atoms with Crippen molar-refractivity contribution < 1.29 is 9.18 Å². The SMILES string of the molecule is O=C(c1ccc(F)c2ccccc12)N1CCc2cccnc2C1. The lowest BCUT2D eigenvalue weighted by molar-refractivity contribution is 0.0734. The number of fused-ring (bicyclic) bond motifs is 2. The molecular weight excluding hydrogens is 291 g/mol. The maximum absolute atomic E-state index is 13.9. The van der Waals surface area contributed by atoms with E-state index in [4.69, 9.17) is 0 Å². The van der Waals surface area contributed by atoms with Gasteiger partial charge in [0, 0.05) is 23.7 Å². The Kier molecular flexibility index (Phi) is 3.30. The van der Waals surface area contributed by atoms with E-state index < -0.39 is 0 Å². The molecule has 0 fully saturated rings. The van der Waals surface area contributed by atoms with Crippen molar-refractivity contribution in [3.63, 3.8) is 0 Å². The van der Waals surface area contributed by atoms with E-state index in [1.54, 1.807) is 35.4 Å². The van der Waals surface area contributed by atoms with Gasteiger partial charge in [0.25, 0.3) is 5.91 Å². The number of benzene rings is 2. The summed E-state index contributed by atoms with van der Waals surface area (Å²) in [4.78, 5) is 19.1. The molecule has 0 saturated heterocycles. The number of nitrogens with zero attached hydrogens (tertiary/aromatic N) is 2. The first-order valence-corrected chi connectivity index (χ1v) is 7.63. The molecule has 4 heteroatoms. The minimum Gasteiger partial charge on any atom is -0.332 e. The number of halogens is 1. The second-order valence-electron chi connectivity index (χ2n) is 5.73. The molecule has 114 valence electrons. The topological polar surface area (TPSA) is 33.2 Å². The predicted octanol–water partition coefficient (Wildman–Crippen LogP) is 3.57. The Labute approximate surface area is 133 Å². The fourth-order valence-corrected chi connectivity index (χ4v) is 3.15. The zero-order chi connectivity index (χ0) is 15.8. The molecule has 0 N–H and O–H groups in total. The van der Waals surface area contributed by atoms with Crippen molar-refractivity contribution in [3.05, 3.63) is 77.4 Å². The average Bonchev–Trinajstić information content (AvgIpc) is 2.61. The van der Waals surface area contributed by atoms with Crippen LogP contribution in [0.3, 0.4) is 0 Å². The molecule has 0 aliphatic carbocycles. The number of rotatable bonds is 1. The van der Waals surface area contributed by atoms with Crippen LogP contribution in [0.25, 0.3) is 10.8 Å². The van der Waals surface area contributed by atoms with Gasteiger partial charge in [-0.05, 0) is 35.6 Å². The molecule has 0 bridgehead atoms. The molecule has 3 nitrogen and oxygen atoms in total. The van der Waals surface area contributed by atoms with Crippen molar-refractivity contribution >= 4 is 16.7 Å². The van der Waals surface area contributed by atoms with Crippen LogP contribution < -0.4 is 0 Å². The molecule has 2 heterocycles. The van der Waals surface area contributed by atoms with Crippen molar-refractivity contribution in [2.45, 2.75) is 13.0 Å². The molecule has 1 aliphatic heterocycles. The minimum absolute atomic E-state index is 0.0718. The summed E-state index contributed by atoms with van der Waals surface area (Å²) in [6.07, 6.45) is 2.55. The third-order valence-electron chi connectivity index (χ3n) is 4.36. The van der Waals surface area contributed by atoms with Crippen LogP contribution in [0.4, 0.5) is 4.39 Å². The highest BCUT2D eigenvalue weighted by Crippen LogP contribution is 2.25. The Balaban J connectivity index is 1.72. The van der Waals surface area contributed by atoms with Crippen molar-refractivity contribution in [1.29, 1.82) is 0 Å². The van der Waals surface area contributed by atoms with E-state index in [1.165, 1.54) is 11.6 Å². The van der Waals surface area contributed by atoms with E-state index in [-0.39, 0.29) is 11.7 Å². The molecule has 0 radical (unpaired) electrons. The van der Waals surface area contributed by atoms with Crippen LogP contribution in [0, 0.1) is 5.82 Å². The van der Waals surface area contributed by atoms with Gasteiger partial charge in [0.05, 0.1) is 12.2 Å². The van der Waals surface area contributed by atoms with E-state index >= 15 is 0 Å². The zero-order valence-corrected chi connectivity index (χ0v) is 12.5. The third kappa shape index (κ3) is 2.36. The summed E-state index contributed by atoms with van der Waals surface area (Å²) in [7, 11) is 0. The van der Waals surface area contributed by atoms with Crippen LogP contribution in [0.2, 0.25) is 0 Å². The molecule has 1 aromatic heterocycles. The van der Waals surface area contributed by atoms with Gasteiger partial charge in [-0.2, -0.15) is 0 Å². The maximum atomic E-state index is 13.9. The van der Waals surface area contributed by atoms with Gasteiger partial charge in [-0.1, -0.05) is 30.3 Å². The second kappa shape index (κ2) is 5.47. The summed E-state index contributed by atoms with van der Waals surface area (Å²) in [5.74, 6) is -0.375. The summed E-state index contributed by atoms with van der Waals surface area (Å²) in [6.45, 7) is 1.16. The predicted molar refractivity (Wildman–Crippen MR) is 86.6 cm³/mol. The van der Waals surface area contributed by atoms with E-state index in [1.807, 2.05) is 12.1 Å². The standard InChI is InChI=1S/C19H15FN2O/c20-17-8-7-16(14-5-1-2-6-15(14)17)19(23)22-11-9-13-4-3-10-21-18(13)12-22/h1-8,10H,9,11-12H2. The first kappa shape index (κ1) is 13.9. The lowest BCUT2D eigenvalue weighted by atomic mass is 10.0. The Morgan fingerprint density at radius 1 is 1.04 bits per heavy atom. The summed E-state index contributed by atoms with van der Waals surface area (Å²) >= 11 is 0. The van der Waals surface area contributed by atoms with Gasteiger partial charge in [0.15, 0.2) is 0 Å². The largest absolute Gasteiger partial charge is 0.332 e. The van der Waals surface area contributed by atoms with Gasteiger partial charge in [0.1, 0.15) is 5.82 Å². The third-order valence-corrected chi connectivity index (χ3v) is 4.36. The molecule has 1 aliphatic rings. The summed E-state index contributed by atoms with van der Waals surface area (Å²) in [6, 6.07) is 14.0. The van der Waals surface area contributed by atoms with Gasteiger partial charge in [-0.15, -0.1) is 0 Å². The van der Waals surface area contributed by atoms with Crippen LogP contribution in [-0.2, 0) is 13.0 Å². The molecule has 0 spiro atoms. The van der Waals surface area contributed by atoms with Gasteiger partial charge in [-0.3, -0.25) is 9.78 Å².